The van der Waals surface area contributed by atoms with Gasteiger partial charge in [-0.05, 0) is 18.2 Å². The van der Waals surface area contributed by atoms with E-state index in [1.54, 1.807) is 42.9 Å². The number of alkyl halides is 2. The number of aromatic nitrogens is 3. The van der Waals surface area contributed by atoms with Gasteiger partial charge in [0.2, 0.25) is 5.88 Å². The number of carbonyl (C=O) groups excluding carboxylic acids is 1. The molecule has 152 valence electrons. The van der Waals surface area contributed by atoms with Gasteiger partial charge in [-0.25, -0.2) is 13.8 Å². The zero-order valence-electron chi connectivity index (χ0n) is 15.9. The number of para-hydroxylation sites is 1. The SMILES string of the molecule is O=C(c1c[nH]c2ccncc12)N1CCC(F)(F)C(Oc2ccc3ccccc3n2)C1. The minimum atomic E-state index is -3.06. The van der Waals surface area contributed by atoms with Gasteiger partial charge in [-0.1, -0.05) is 18.2 Å². The molecule has 1 amide bonds. The first-order valence-corrected chi connectivity index (χ1v) is 9.62. The van der Waals surface area contributed by atoms with Crippen LogP contribution in [-0.4, -0.2) is 50.9 Å². The van der Waals surface area contributed by atoms with E-state index in [0.29, 0.717) is 16.5 Å². The fourth-order valence-corrected chi connectivity index (χ4v) is 3.75. The van der Waals surface area contributed by atoms with Gasteiger partial charge in [0, 0.05) is 53.9 Å². The lowest BCUT2D eigenvalue weighted by atomic mass is 10.0. The van der Waals surface area contributed by atoms with Crippen LogP contribution in [0.2, 0.25) is 0 Å². The van der Waals surface area contributed by atoms with Crippen LogP contribution in [0, 0.1) is 0 Å². The van der Waals surface area contributed by atoms with E-state index in [0.717, 1.165) is 10.9 Å². The molecule has 1 fully saturated rings. The molecule has 1 aromatic carbocycles. The summed E-state index contributed by atoms with van der Waals surface area (Å²) in [6.07, 6.45) is 2.84. The predicted molar refractivity (Wildman–Crippen MR) is 108 cm³/mol. The summed E-state index contributed by atoms with van der Waals surface area (Å²) >= 11 is 0. The maximum atomic E-state index is 14.6. The summed E-state index contributed by atoms with van der Waals surface area (Å²) in [5.74, 6) is -3.28. The van der Waals surface area contributed by atoms with Crippen LogP contribution in [0.5, 0.6) is 5.88 Å². The van der Waals surface area contributed by atoms with Gasteiger partial charge in [-0.3, -0.25) is 9.78 Å². The minimum Gasteiger partial charge on any atom is -0.466 e. The van der Waals surface area contributed by atoms with E-state index in [1.165, 1.54) is 4.90 Å². The summed E-state index contributed by atoms with van der Waals surface area (Å²) in [7, 11) is 0. The first-order chi connectivity index (χ1) is 14.5. The number of benzene rings is 1. The zero-order chi connectivity index (χ0) is 20.7. The topological polar surface area (TPSA) is 71.1 Å². The van der Waals surface area contributed by atoms with Gasteiger partial charge in [0.1, 0.15) is 0 Å². The van der Waals surface area contributed by atoms with Crippen LogP contribution < -0.4 is 4.74 Å². The molecule has 30 heavy (non-hydrogen) atoms. The lowest BCUT2D eigenvalue weighted by Crippen LogP contribution is -2.55. The van der Waals surface area contributed by atoms with E-state index in [1.807, 2.05) is 18.2 Å². The van der Waals surface area contributed by atoms with Gasteiger partial charge in [-0.15, -0.1) is 0 Å². The summed E-state index contributed by atoms with van der Waals surface area (Å²) in [5, 5.41) is 1.55. The standard InChI is InChI=1S/C22H18F2N4O2/c23-22(24)8-10-28(21(29)16-12-26-18-7-9-25-11-15(16)18)13-19(22)30-20-6-5-14-3-1-2-4-17(14)27-20/h1-7,9,11-12,19,26H,8,10,13H2. The second kappa shape index (κ2) is 7.05. The fourth-order valence-electron chi connectivity index (χ4n) is 3.75. The summed E-state index contributed by atoms with van der Waals surface area (Å²) in [5.41, 5.74) is 1.84. The first-order valence-electron chi connectivity index (χ1n) is 9.62. The van der Waals surface area contributed by atoms with Crippen molar-refractivity contribution in [3.8, 4) is 5.88 Å². The van der Waals surface area contributed by atoms with E-state index < -0.39 is 18.4 Å². The number of ether oxygens (including phenoxy) is 1. The molecule has 0 aliphatic carbocycles. The van der Waals surface area contributed by atoms with Crippen molar-refractivity contribution in [2.24, 2.45) is 0 Å². The quantitative estimate of drug-likeness (QED) is 0.555. The molecule has 6 nitrogen and oxygen atoms in total. The number of amides is 1. The molecule has 1 N–H and O–H groups in total. The van der Waals surface area contributed by atoms with Crippen LogP contribution >= 0.6 is 0 Å². The lowest BCUT2D eigenvalue weighted by Gasteiger charge is -2.37. The molecule has 3 aromatic heterocycles. The van der Waals surface area contributed by atoms with Gasteiger partial charge < -0.3 is 14.6 Å². The van der Waals surface area contributed by atoms with Crippen molar-refractivity contribution in [3.05, 3.63) is 66.6 Å². The molecule has 8 heteroatoms. The minimum absolute atomic E-state index is 0.0518. The molecule has 1 aliphatic heterocycles. The number of hydrogen-bond acceptors (Lipinski definition) is 4. The molecule has 4 aromatic rings. The number of nitrogens with zero attached hydrogens (tertiary/aromatic N) is 3. The van der Waals surface area contributed by atoms with Gasteiger partial charge in [-0.2, -0.15) is 0 Å². The summed E-state index contributed by atoms with van der Waals surface area (Å²) < 4.78 is 34.8. The van der Waals surface area contributed by atoms with Crippen molar-refractivity contribution >= 4 is 27.7 Å². The van der Waals surface area contributed by atoms with Gasteiger partial charge in [0.15, 0.2) is 6.10 Å². The van der Waals surface area contributed by atoms with Crippen LogP contribution in [0.1, 0.15) is 16.8 Å². The second-order valence-electron chi connectivity index (χ2n) is 7.33. The number of H-pyrrole nitrogens is 1. The normalized spacial score (nSPS) is 18.6. The Bertz CT molecular complexity index is 1240. The number of hydrogen-bond donors (Lipinski definition) is 1. The third kappa shape index (κ3) is 3.24. The van der Waals surface area contributed by atoms with Gasteiger partial charge >= 0.3 is 0 Å². The van der Waals surface area contributed by atoms with Crippen molar-refractivity contribution < 1.29 is 18.3 Å². The molecule has 0 radical (unpaired) electrons. The Morgan fingerprint density at radius 1 is 1.20 bits per heavy atom. The van der Waals surface area contributed by atoms with Crippen LogP contribution in [0.15, 0.2) is 61.1 Å². The molecule has 1 saturated heterocycles. The van der Waals surface area contributed by atoms with Crippen LogP contribution in [0.25, 0.3) is 21.8 Å². The maximum Gasteiger partial charge on any atom is 0.287 e. The highest BCUT2D eigenvalue weighted by atomic mass is 19.3. The zero-order valence-corrected chi connectivity index (χ0v) is 15.9. The summed E-state index contributed by atoms with van der Waals surface area (Å²) in [4.78, 5) is 25.8. The maximum absolute atomic E-state index is 14.6. The predicted octanol–water partition coefficient (Wildman–Crippen LogP) is 4.04. The highest BCUT2D eigenvalue weighted by Crippen LogP contribution is 2.33. The largest absolute Gasteiger partial charge is 0.466 e. The van der Waals surface area contributed by atoms with E-state index in [9.17, 15) is 13.6 Å². The molecule has 0 saturated carbocycles. The Labute approximate surface area is 170 Å². The Hall–Kier alpha value is -3.55. The summed E-state index contributed by atoms with van der Waals surface area (Å²) in [6.45, 7) is -0.281. The van der Waals surface area contributed by atoms with Crippen LogP contribution in [-0.2, 0) is 0 Å². The lowest BCUT2D eigenvalue weighted by molar-refractivity contribution is -0.131. The number of nitrogens with one attached hydrogen (secondary N) is 1. The van der Waals surface area contributed by atoms with Crippen molar-refractivity contribution in [2.75, 3.05) is 13.1 Å². The molecule has 5 rings (SSSR count). The first kappa shape index (κ1) is 18.5. The molecular weight excluding hydrogens is 390 g/mol. The molecule has 0 bridgehead atoms. The number of rotatable bonds is 3. The molecule has 4 heterocycles. The Morgan fingerprint density at radius 2 is 2.07 bits per heavy atom. The second-order valence-corrected chi connectivity index (χ2v) is 7.33. The number of halogens is 2. The highest BCUT2D eigenvalue weighted by molar-refractivity contribution is 6.06. The van der Waals surface area contributed by atoms with Crippen molar-refractivity contribution in [2.45, 2.75) is 18.4 Å². The van der Waals surface area contributed by atoms with Crippen LogP contribution in [0.4, 0.5) is 8.78 Å². The number of carbonyl (C=O) groups is 1. The molecule has 1 aliphatic rings. The third-order valence-electron chi connectivity index (χ3n) is 5.41. The summed E-state index contributed by atoms with van der Waals surface area (Å²) in [6, 6.07) is 12.5. The van der Waals surface area contributed by atoms with Crippen LogP contribution in [0.3, 0.4) is 0 Å². The van der Waals surface area contributed by atoms with Gasteiger partial charge in [0.05, 0.1) is 17.6 Å². The van der Waals surface area contributed by atoms with E-state index in [4.69, 9.17) is 4.74 Å². The number of fused-ring (bicyclic) bond motifs is 2. The number of aromatic amines is 1. The Morgan fingerprint density at radius 3 is 2.97 bits per heavy atom. The Balaban J connectivity index is 1.39. The molecular formula is C22H18F2N4O2. The average Bonchev–Trinajstić information content (AvgIpc) is 3.19. The average molecular weight is 408 g/mol. The molecule has 1 atom stereocenters. The monoisotopic (exact) mass is 408 g/mol. The Kier molecular flexibility index (Phi) is 4.34. The third-order valence-corrected chi connectivity index (χ3v) is 5.41. The van der Waals surface area contributed by atoms with Crippen molar-refractivity contribution in [1.29, 1.82) is 0 Å². The van der Waals surface area contributed by atoms with Crippen molar-refractivity contribution in [3.63, 3.8) is 0 Å². The van der Waals surface area contributed by atoms with E-state index >= 15 is 0 Å². The number of pyridine rings is 2. The molecule has 1 unspecified atom stereocenters. The fraction of sp³-hybridized carbons (Fsp3) is 0.227. The van der Waals surface area contributed by atoms with E-state index in [2.05, 4.69) is 15.0 Å². The van der Waals surface area contributed by atoms with Gasteiger partial charge in [0.25, 0.3) is 11.8 Å². The van der Waals surface area contributed by atoms with Crippen molar-refractivity contribution in [1.82, 2.24) is 19.9 Å². The molecule has 0 spiro atoms. The van der Waals surface area contributed by atoms with E-state index in [-0.39, 0.29) is 24.9 Å². The highest BCUT2D eigenvalue weighted by Gasteiger charge is 2.47. The number of likely N-dealkylation sites (tertiary alicyclic amines) is 1. The smallest absolute Gasteiger partial charge is 0.287 e. The number of piperidine rings is 1.